The van der Waals surface area contributed by atoms with E-state index >= 15 is 0 Å². The first-order valence-corrected chi connectivity index (χ1v) is 3.98. The quantitative estimate of drug-likeness (QED) is 0.588. The first-order valence-electron chi connectivity index (χ1n) is 3.98. The van der Waals surface area contributed by atoms with Crippen LogP contribution in [0.4, 0.5) is 0 Å². The van der Waals surface area contributed by atoms with Crippen molar-refractivity contribution in [3.8, 4) is 0 Å². The molecule has 1 aliphatic heterocycles. The van der Waals surface area contributed by atoms with Gasteiger partial charge in [0.15, 0.2) is 0 Å². The second-order valence-electron chi connectivity index (χ2n) is 2.61. The van der Waals surface area contributed by atoms with Gasteiger partial charge in [0.1, 0.15) is 0 Å². The molecule has 0 radical (unpaired) electrons. The number of morpholine rings is 1. The summed E-state index contributed by atoms with van der Waals surface area (Å²) in [7, 11) is 0. The molecular formula is C8H11NO4. The molecule has 0 aromatic rings. The Morgan fingerprint density at radius 3 is 2.38 bits per heavy atom. The molecule has 1 aliphatic rings. The average Bonchev–Trinajstić information content (AvgIpc) is 2.15. The predicted molar refractivity (Wildman–Crippen MR) is 44.2 cm³/mol. The van der Waals surface area contributed by atoms with Gasteiger partial charge in [-0.2, -0.15) is 0 Å². The van der Waals surface area contributed by atoms with Crippen molar-refractivity contribution >= 4 is 11.9 Å². The van der Waals surface area contributed by atoms with Gasteiger partial charge in [0, 0.05) is 25.2 Å². The Kier molecular flexibility index (Phi) is 3.45. The number of hydrogen-bond donors (Lipinski definition) is 1. The summed E-state index contributed by atoms with van der Waals surface area (Å²) in [6.07, 6.45) is 1.91. The normalized spacial score (nSPS) is 17.7. The molecule has 0 aliphatic carbocycles. The molecule has 0 aromatic heterocycles. The van der Waals surface area contributed by atoms with Gasteiger partial charge < -0.3 is 14.7 Å². The number of carbonyl (C=O) groups excluding carboxylic acids is 1. The van der Waals surface area contributed by atoms with E-state index in [1.54, 1.807) is 4.90 Å². The summed E-state index contributed by atoms with van der Waals surface area (Å²) in [4.78, 5) is 22.9. The lowest BCUT2D eigenvalue weighted by Gasteiger charge is -2.25. The fourth-order valence-electron chi connectivity index (χ4n) is 1.03. The van der Waals surface area contributed by atoms with Crippen LogP contribution in [0.25, 0.3) is 0 Å². The molecule has 1 amide bonds. The molecule has 1 heterocycles. The van der Waals surface area contributed by atoms with Crippen LogP contribution in [0.1, 0.15) is 0 Å². The Balaban J connectivity index is 2.41. The minimum atomic E-state index is -1.11. The minimum Gasteiger partial charge on any atom is -0.478 e. The summed E-state index contributed by atoms with van der Waals surface area (Å²) in [6.45, 7) is 2.10. The standard InChI is InChI=1S/C8H11NO4/c10-7(1-2-8(11)12)9-3-5-13-6-4-9/h1-2H,3-6H2,(H,11,12). The molecule has 5 nitrogen and oxygen atoms in total. The highest BCUT2D eigenvalue weighted by atomic mass is 16.5. The van der Waals surface area contributed by atoms with Gasteiger partial charge >= 0.3 is 5.97 Å². The lowest BCUT2D eigenvalue weighted by molar-refractivity contribution is -0.133. The number of carboxylic acids is 1. The van der Waals surface area contributed by atoms with Crippen molar-refractivity contribution in [3.05, 3.63) is 12.2 Å². The van der Waals surface area contributed by atoms with Gasteiger partial charge in [0.25, 0.3) is 0 Å². The fourth-order valence-corrected chi connectivity index (χ4v) is 1.03. The molecular weight excluding hydrogens is 174 g/mol. The number of carbonyl (C=O) groups is 2. The zero-order valence-corrected chi connectivity index (χ0v) is 7.10. The van der Waals surface area contributed by atoms with Crippen LogP contribution in [0.15, 0.2) is 12.2 Å². The number of ether oxygens (including phenoxy) is 1. The van der Waals surface area contributed by atoms with Gasteiger partial charge in [-0.05, 0) is 0 Å². The molecule has 72 valence electrons. The van der Waals surface area contributed by atoms with Crippen molar-refractivity contribution in [2.24, 2.45) is 0 Å². The van der Waals surface area contributed by atoms with Crippen molar-refractivity contribution in [1.29, 1.82) is 0 Å². The van der Waals surface area contributed by atoms with E-state index < -0.39 is 5.97 Å². The van der Waals surface area contributed by atoms with E-state index in [1.807, 2.05) is 0 Å². The summed E-state index contributed by atoms with van der Waals surface area (Å²) in [6, 6.07) is 0. The highest BCUT2D eigenvalue weighted by Crippen LogP contribution is 1.97. The van der Waals surface area contributed by atoms with Crippen LogP contribution in [0.3, 0.4) is 0 Å². The first kappa shape index (κ1) is 9.73. The highest BCUT2D eigenvalue weighted by molar-refractivity contribution is 5.93. The van der Waals surface area contributed by atoms with Gasteiger partial charge in [-0.15, -0.1) is 0 Å². The van der Waals surface area contributed by atoms with E-state index in [1.165, 1.54) is 0 Å². The van der Waals surface area contributed by atoms with E-state index in [4.69, 9.17) is 9.84 Å². The lowest BCUT2D eigenvalue weighted by Crippen LogP contribution is -2.39. The molecule has 0 saturated carbocycles. The summed E-state index contributed by atoms with van der Waals surface area (Å²) in [5, 5.41) is 8.28. The summed E-state index contributed by atoms with van der Waals surface area (Å²) >= 11 is 0. The largest absolute Gasteiger partial charge is 0.478 e. The monoisotopic (exact) mass is 185 g/mol. The van der Waals surface area contributed by atoms with Crippen LogP contribution in [0.5, 0.6) is 0 Å². The number of hydrogen-bond acceptors (Lipinski definition) is 3. The van der Waals surface area contributed by atoms with Crippen molar-refractivity contribution in [2.45, 2.75) is 0 Å². The lowest BCUT2D eigenvalue weighted by atomic mass is 10.3. The first-order chi connectivity index (χ1) is 6.20. The van der Waals surface area contributed by atoms with Crippen LogP contribution in [0, 0.1) is 0 Å². The van der Waals surface area contributed by atoms with E-state index in [0.29, 0.717) is 26.3 Å². The van der Waals surface area contributed by atoms with Gasteiger partial charge in [-0.3, -0.25) is 4.79 Å². The SMILES string of the molecule is O=C(O)C=CC(=O)N1CCOCC1. The smallest absolute Gasteiger partial charge is 0.328 e. The van der Waals surface area contributed by atoms with E-state index in [2.05, 4.69) is 0 Å². The van der Waals surface area contributed by atoms with Gasteiger partial charge in [0.05, 0.1) is 13.2 Å². The summed E-state index contributed by atoms with van der Waals surface area (Å²) in [5.74, 6) is -1.38. The van der Waals surface area contributed by atoms with E-state index in [-0.39, 0.29) is 5.91 Å². The minimum absolute atomic E-state index is 0.272. The Labute approximate surface area is 75.6 Å². The summed E-state index contributed by atoms with van der Waals surface area (Å²) in [5.41, 5.74) is 0. The molecule has 1 N–H and O–H groups in total. The molecule has 0 aromatic carbocycles. The molecule has 0 spiro atoms. The molecule has 1 fully saturated rings. The topological polar surface area (TPSA) is 66.8 Å². The molecule has 5 heteroatoms. The third-order valence-electron chi connectivity index (χ3n) is 1.69. The highest BCUT2D eigenvalue weighted by Gasteiger charge is 2.13. The maximum Gasteiger partial charge on any atom is 0.328 e. The van der Waals surface area contributed by atoms with Crippen LogP contribution >= 0.6 is 0 Å². The maximum absolute atomic E-state index is 11.2. The fraction of sp³-hybridized carbons (Fsp3) is 0.500. The molecule has 0 atom stereocenters. The molecule has 1 saturated heterocycles. The van der Waals surface area contributed by atoms with Gasteiger partial charge in [0.2, 0.25) is 5.91 Å². The molecule has 0 unspecified atom stereocenters. The van der Waals surface area contributed by atoms with Crippen molar-refractivity contribution in [1.82, 2.24) is 4.90 Å². The Morgan fingerprint density at radius 1 is 1.23 bits per heavy atom. The number of nitrogens with zero attached hydrogens (tertiary/aromatic N) is 1. The molecule has 13 heavy (non-hydrogen) atoms. The Hall–Kier alpha value is -1.36. The Bertz CT molecular complexity index is 230. The summed E-state index contributed by atoms with van der Waals surface area (Å²) < 4.78 is 5.04. The zero-order chi connectivity index (χ0) is 9.68. The predicted octanol–water partition coefficient (Wildman–Crippen LogP) is -0.514. The molecule has 1 rings (SSSR count). The van der Waals surface area contributed by atoms with Crippen LogP contribution in [0.2, 0.25) is 0 Å². The Morgan fingerprint density at radius 2 is 1.85 bits per heavy atom. The van der Waals surface area contributed by atoms with E-state index in [0.717, 1.165) is 12.2 Å². The average molecular weight is 185 g/mol. The third kappa shape index (κ3) is 3.25. The maximum atomic E-state index is 11.2. The zero-order valence-electron chi connectivity index (χ0n) is 7.10. The van der Waals surface area contributed by atoms with E-state index in [9.17, 15) is 9.59 Å². The molecule has 0 bridgehead atoms. The number of aliphatic carboxylic acids is 1. The van der Waals surface area contributed by atoms with Crippen molar-refractivity contribution < 1.29 is 19.4 Å². The van der Waals surface area contributed by atoms with Crippen LogP contribution in [-0.2, 0) is 14.3 Å². The number of carboxylic acid groups (broad SMARTS) is 1. The van der Waals surface area contributed by atoms with Crippen LogP contribution in [-0.4, -0.2) is 48.2 Å². The van der Waals surface area contributed by atoms with Crippen molar-refractivity contribution in [3.63, 3.8) is 0 Å². The van der Waals surface area contributed by atoms with Crippen molar-refractivity contribution in [2.75, 3.05) is 26.3 Å². The second-order valence-corrected chi connectivity index (χ2v) is 2.61. The van der Waals surface area contributed by atoms with Crippen LogP contribution < -0.4 is 0 Å². The number of rotatable bonds is 2. The number of amides is 1. The third-order valence-corrected chi connectivity index (χ3v) is 1.69. The van der Waals surface area contributed by atoms with Gasteiger partial charge in [-0.25, -0.2) is 4.79 Å². The van der Waals surface area contributed by atoms with Gasteiger partial charge in [-0.1, -0.05) is 0 Å². The second kappa shape index (κ2) is 4.61.